The van der Waals surface area contributed by atoms with Crippen LogP contribution in [0.5, 0.6) is 5.75 Å². The molecule has 2 atom stereocenters. The molecule has 1 aliphatic heterocycles. The molecule has 1 unspecified atom stereocenters. The van der Waals surface area contributed by atoms with E-state index in [1.54, 1.807) is 0 Å². The number of fused-ring (bicyclic) bond motifs is 1. The summed E-state index contributed by atoms with van der Waals surface area (Å²) in [6.45, 7) is 2.60. The summed E-state index contributed by atoms with van der Waals surface area (Å²) in [4.78, 5) is 0. The molecule has 1 saturated heterocycles. The molecule has 28 heavy (non-hydrogen) atoms. The van der Waals surface area contributed by atoms with Gasteiger partial charge in [-0.3, -0.25) is 0 Å². The third kappa shape index (κ3) is 3.36. The summed E-state index contributed by atoms with van der Waals surface area (Å²) in [6, 6.07) is 4.35. The second-order valence-electron chi connectivity index (χ2n) is 7.37. The zero-order valence-corrected chi connectivity index (χ0v) is 15.2. The fourth-order valence-corrected chi connectivity index (χ4v) is 4.07. The van der Waals surface area contributed by atoms with Gasteiger partial charge in [0.1, 0.15) is 6.10 Å². The lowest BCUT2D eigenvalue weighted by Gasteiger charge is -2.19. The van der Waals surface area contributed by atoms with Crippen molar-refractivity contribution in [1.29, 1.82) is 0 Å². The Bertz CT molecular complexity index is 877. The summed E-state index contributed by atoms with van der Waals surface area (Å²) < 4.78 is 80.6. The highest BCUT2D eigenvalue weighted by atomic mass is 19.4. The van der Waals surface area contributed by atoms with Crippen LogP contribution < -0.4 is 4.74 Å². The molecule has 1 fully saturated rings. The first-order valence-electron chi connectivity index (χ1n) is 9.22. The second kappa shape index (κ2) is 7.03. The van der Waals surface area contributed by atoms with Gasteiger partial charge in [0.05, 0.1) is 18.8 Å². The van der Waals surface area contributed by atoms with Crippen LogP contribution in [0.25, 0.3) is 11.1 Å². The van der Waals surface area contributed by atoms with Crippen molar-refractivity contribution in [2.24, 2.45) is 0 Å². The van der Waals surface area contributed by atoms with Crippen LogP contribution in [0, 0.1) is 11.6 Å². The fourth-order valence-electron chi connectivity index (χ4n) is 4.07. The van der Waals surface area contributed by atoms with Gasteiger partial charge in [0.15, 0.2) is 17.4 Å². The van der Waals surface area contributed by atoms with E-state index in [9.17, 15) is 22.0 Å². The monoisotopic (exact) mass is 398 g/mol. The predicted molar refractivity (Wildman–Crippen MR) is 93.4 cm³/mol. The molecule has 0 amide bonds. The molecule has 0 saturated carbocycles. The Labute approximate surface area is 159 Å². The molecule has 2 aromatic rings. The standard InChI is InChI=1S/C21H19F5O2/c1-11-2-3-15-14(11)4-5-16(21(24,25)26)19(15)12-8-17(22)20(18(23)9-12)28-13-6-7-27-10-13/h4-5,8-9,11,13H,2-3,6-7,10H2,1H3/t11-,13?/m1/s1. The number of alkyl halides is 3. The molecule has 1 heterocycles. The van der Waals surface area contributed by atoms with E-state index in [1.807, 2.05) is 6.92 Å². The number of hydrogen-bond donors (Lipinski definition) is 0. The average molecular weight is 398 g/mol. The Kier molecular flexibility index (Phi) is 4.81. The third-order valence-corrected chi connectivity index (χ3v) is 5.47. The van der Waals surface area contributed by atoms with E-state index in [-0.39, 0.29) is 23.7 Å². The van der Waals surface area contributed by atoms with Gasteiger partial charge in [-0.15, -0.1) is 0 Å². The van der Waals surface area contributed by atoms with Crippen molar-refractivity contribution < 1.29 is 31.4 Å². The van der Waals surface area contributed by atoms with Crippen molar-refractivity contribution in [3.8, 4) is 16.9 Å². The van der Waals surface area contributed by atoms with E-state index in [4.69, 9.17) is 9.47 Å². The zero-order chi connectivity index (χ0) is 20.1. The van der Waals surface area contributed by atoms with Crippen LogP contribution in [0.2, 0.25) is 0 Å². The Morgan fingerprint density at radius 1 is 1.07 bits per heavy atom. The van der Waals surface area contributed by atoms with Crippen LogP contribution in [-0.4, -0.2) is 19.3 Å². The van der Waals surface area contributed by atoms with E-state index >= 15 is 0 Å². The molecular weight excluding hydrogens is 379 g/mol. The maximum absolute atomic E-state index is 14.6. The molecular formula is C21H19F5O2. The molecule has 7 heteroatoms. The number of halogens is 5. The van der Waals surface area contributed by atoms with Crippen molar-refractivity contribution in [3.05, 3.63) is 52.6 Å². The van der Waals surface area contributed by atoms with Crippen molar-refractivity contribution in [2.75, 3.05) is 13.2 Å². The molecule has 0 spiro atoms. The quantitative estimate of drug-likeness (QED) is 0.602. The van der Waals surface area contributed by atoms with Crippen LogP contribution >= 0.6 is 0 Å². The van der Waals surface area contributed by atoms with Gasteiger partial charge in [0.25, 0.3) is 0 Å². The third-order valence-electron chi connectivity index (χ3n) is 5.47. The van der Waals surface area contributed by atoms with E-state index in [1.165, 1.54) is 6.07 Å². The predicted octanol–water partition coefficient (Wildman–Crippen LogP) is 5.87. The molecule has 4 rings (SSSR count). The fraction of sp³-hybridized carbons (Fsp3) is 0.429. The first-order chi connectivity index (χ1) is 13.3. The number of hydrogen-bond acceptors (Lipinski definition) is 2. The highest BCUT2D eigenvalue weighted by Crippen LogP contribution is 2.46. The molecule has 2 nitrogen and oxygen atoms in total. The molecule has 0 bridgehead atoms. The first kappa shape index (κ1) is 19.2. The minimum Gasteiger partial charge on any atom is -0.482 e. The van der Waals surface area contributed by atoms with Crippen molar-refractivity contribution in [1.82, 2.24) is 0 Å². The lowest BCUT2D eigenvalue weighted by atomic mass is 9.90. The summed E-state index contributed by atoms with van der Waals surface area (Å²) in [5.74, 6) is -2.50. The smallest absolute Gasteiger partial charge is 0.417 e. The molecule has 2 aliphatic rings. The number of rotatable bonds is 3. The van der Waals surface area contributed by atoms with Gasteiger partial charge < -0.3 is 9.47 Å². The Morgan fingerprint density at radius 3 is 2.39 bits per heavy atom. The maximum atomic E-state index is 14.6. The van der Waals surface area contributed by atoms with Crippen molar-refractivity contribution >= 4 is 0 Å². The Balaban J connectivity index is 1.83. The number of ether oxygens (including phenoxy) is 2. The van der Waals surface area contributed by atoms with Gasteiger partial charge in [0.2, 0.25) is 0 Å². The first-order valence-corrected chi connectivity index (χ1v) is 9.22. The van der Waals surface area contributed by atoms with Gasteiger partial charge in [-0.05, 0) is 59.2 Å². The normalized spacial score (nSPS) is 21.8. The number of benzene rings is 2. The van der Waals surface area contributed by atoms with E-state index in [2.05, 4.69) is 0 Å². The van der Waals surface area contributed by atoms with Crippen molar-refractivity contribution in [3.63, 3.8) is 0 Å². The lowest BCUT2D eigenvalue weighted by Crippen LogP contribution is -2.17. The van der Waals surface area contributed by atoms with Gasteiger partial charge >= 0.3 is 6.18 Å². The maximum Gasteiger partial charge on any atom is 0.417 e. The molecule has 150 valence electrons. The summed E-state index contributed by atoms with van der Waals surface area (Å²) in [7, 11) is 0. The minimum atomic E-state index is -4.63. The summed E-state index contributed by atoms with van der Waals surface area (Å²) in [5, 5.41) is 0. The van der Waals surface area contributed by atoms with Crippen LogP contribution in [0.4, 0.5) is 22.0 Å². The molecule has 0 aromatic heterocycles. The van der Waals surface area contributed by atoms with Gasteiger partial charge in [-0.25, -0.2) is 8.78 Å². The Morgan fingerprint density at radius 2 is 1.79 bits per heavy atom. The lowest BCUT2D eigenvalue weighted by molar-refractivity contribution is -0.137. The van der Waals surface area contributed by atoms with Crippen LogP contribution in [0.3, 0.4) is 0 Å². The van der Waals surface area contributed by atoms with E-state index in [0.29, 0.717) is 31.4 Å². The highest BCUT2D eigenvalue weighted by molar-refractivity contribution is 5.75. The Hall–Kier alpha value is -2.15. The van der Waals surface area contributed by atoms with Crippen LogP contribution in [0.15, 0.2) is 24.3 Å². The van der Waals surface area contributed by atoms with Crippen LogP contribution in [-0.2, 0) is 17.3 Å². The highest BCUT2D eigenvalue weighted by Gasteiger charge is 2.37. The molecule has 2 aromatic carbocycles. The van der Waals surface area contributed by atoms with Crippen molar-refractivity contribution in [2.45, 2.75) is 44.4 Å². The SMILES string of the molecule is C[C@@H]1CCc2c1ccc(C(F)(F)F)c2-c1cc(F)c(OC2CCOC2)c(F)c1. The molecule has 1 aliphatic carbocycles. The van der Waals surface area contributed by atoms with Gasteiger partial charge in [0, 0.05) is 6.42 Å². The summed E-state index contributed by atoms with van der Waals surface area (Å²) >= 11 is 0. The van der Waals surface area contributed by atoms with Crippen LogP contribution in [0.1, 0.15) is 42.4 Å². The second-order valence-corrected chi connectivity index (χ2v) is 7.37. The summed E-state index contributed by atoms with van der Waals surface area (Å²) in [6.07, 6.45) is -3.45. The van der Waals surface area contributed by atoms with E-state index < -0.39 is 35.2 Å². The zero-order valence-electron chi connectivity index (χ0n) is 15.2. The van der Waals surface area contributed by atoms with E-state index in [0.717, 1.165) is 23.8 Å². The summed E-state index contributed by atoms with van der Waals surface area (Å²) in [5.41, 5.74) is 0.175. The van der Waals surface area contributed by atoms with Gasteiger partial charge in [-0.1, -0.05) is 13.0 Å². The topological polar surface area (TPSA) is 18.5 Å². The largest absolute Gasteiger partial charge is 0.482 e. The molecule has 0 radical (unpaired) electrons. The molecule has 0 N–H and O–H groups in total. The average Bonchev–Trinajstić information content (AvgIpc) is 3.26. The van der Waals surface area contributed by atoms with Gasteiger partial charge in [-0.2, -0.15) is 13.2 Å². The minimum absolute atomic E-state index is 0.107.